The molecule has 1 saturated carbocycles. The van der Waals surface area contributed by atoms with Crippen molar-refractivity contribution in [2.45, 2.75) is 38.8 Å². The van der Waals surface area contributed by atoms with E-state index < -0.39 is 6.10 Å². The Morgan fingerprint density at radius 1 is 1.53 bits per heavy atom. The maximum Gasteiger partial charge on any atom is 0.260 e. The molecule has 1 aliphatic rings. The first-order valence-corrected chi connectivity index (χ1v) is 5.90. The Bertz CT molecular complexity index is 427. The average Bonchev–Trinajstić information content (AvgIpc) is 3.08. The second kappa shape index (κ2) is 4.65. The van der Waals surface area contributed by atoms with Gasteiger partial charge in [0.15, 0.2) is 6.10 Å². The molecule has 17 heavy (non-hydrogen) atoms. The average molecular weight is 234 g/mol. The van der Waals surface area contributed by atoms with Crippen molar-refractivity contribution >= 4 is 11.6 Å². The van der Waals surface area contributed by atoms with Gasteiger partial charge in [0.2, 0.25) is 0 Å². The highest BCUT2D eigenvalue weighted by Gasteiger charge is 2.26. The highest BCUT2D eigenvalue weighted by Crippen LogP contribution is 2.24. The molecule has 4 heteroatoms. The third kappa shape index (κ3) is 2.90. The van der Waals surface area contributed by atoms with E-state index in [0.717, 1.165) is 18.4 Å². The van der Waals surface area contributed by atoms with E-state index in [1.807, 2.05) is 25.1 Å². The van der Waals surface area contributed by atoms with Gasteiger partial charge in [-0.2, -0.15) is 0 Å². The fourth-order valence-electron chi connectivity index (χ4n) is 1.55. The van der Waals surface area contributed by atoms with Gasteiger partial charge < -0.3 is 15.8 Å². The van der Waals surface area contributed by atoms with Gasteiger partial charge >= 0.3 is 0 Å². The number of carbonyl (C=O) groups excluding carboxylic acids is 1. The molecule has 1 atom stereocenters. The van der Waals surface area contributed by atoms with Gasteiger partial charge in [-0.05, 0) is 38.8 Å². The molecule has 1 unspecified atom stereocenters. The molecule has 1 amide bonds. The van der Waals surface area contributed by atoms with Gasteiger partial charge in [-0.15, -0.1) is 0 Å². The first-order valence-electron chi connectivity index (χ1n) is 5.90. The largest absolute Gasteiger partial charge is 0.481 e. The number of anilines is 1. The molecule has 4 nitrogen and oxygen atoms in total. The highest BCUT2D eigenvalue weighted by atomic mass is 16.5. The maximum absolute atomic E-state index is 11.7. The summed E-state index contributed by atoms with van der Waals surface area (Å²) < 4.78 is 5.62. The Hall–Kier alpha value is -1.71. The topological polar surface area (TPSA) is 64.3 Å². The van der Waals surface area contributed by atoms with Crippen molar-refractivity contribution < 1.29 is 9.53 Å². The van der Waals surface area contributed by atoms with Crippen molar-refractivity contribution in [3.63, 3.8) is 0 Å². The predicted molar refractivity (Wildman–Crippen MR) is 66.8 cm³/mol. The Kier molecular flexibility index (Phi) is 3.22. The molecule has 1 aromatic carbocycles. The van der Waals surface area contributed by atoms with E-state index in [2.05, 4.69) is 5.32 Å². The Labute approximate surface area is 101 Å². The number of amides is 1. The second-order valence-electron chi connectivity index (χ2n) is 4.51. The molecule has 0 radical (unpaired) electrons. The van der Waals surface area contributed by atoms with Crippen LogP contribution in [-0.2, 0) is 4.79 Å². The summed E-state index contributed by atoms with van der Waals surface area (Å²) in [7, 11) is 0. The van der Waals surface area contributed by atoms with Crippen LogP contribution in [0, 0.1) is 6.92 Å². The summed E-state index contributed by atoms with van der Waals surface area (Å²) in [6, 6.07) is 5.82. The summed E-state index contributed by atoms with van der Waals surface area (Å²) in [5.41, 5.74) is 7.33. The van der Waals surface area contributed by atoms with E-state index in [1.165, 1.54) is 0 Å². The number of ether oxygens (including phenoxy) is 1. The number of hydrogen-bond acceptors (Lipinski definition) is 3. The quantitative estimate of drug-likeness (QED) is 0.778. The van der Waals surface area contributed by atoms with Gasteiger partial charge in [-0.1, -0.05) is 6.07 Å². The molecular formula is C13H18N2O2. The minimum Gasteiger partial charge on any atom is -0.481 e. The summed E-state index contributed by atoms with van der Waals surface area (Å²) in [6.07, 6.45) is 1.67. The minimum absolute atomic E-state index is 0.0608. The first kappa shape index (κ1) is 11.8. The molecule has 92 valence electrons. The van der Waals surface area contributed by atoms with Crippen LogP contribution in [0.1, 0.15) is 25.3 Å². The van der Waals surface area contributed by atoms with Crippen LogP contribution in [-0.4, -0.2) is 18.1 Å². The zero-order chi connectivity index (χ0) is 12.4. The fourth-order valence-corrected chi connectivity index (χ4v) is 1.55. The standard InChI is InChI=1S/C13H18N2O2/c1-8-11(14)4-3-5-12(8)17-9(2)13(16)15-10-6-7-10/h3-5,9-10H,6-7,14H2,1-2H3,(H,15,16). The van der Waals surface area contributed by atoms with Crippen molar-refractivity contribution in [1.29, 1.82) is 0 Å². The Balaban J connectivity index is 1.99. The van der Waals surface area contributed by atoms with Crippen molar-refractivity contribution in [2.75, 3.05) is 5.73 Å². The molecule has 1 aromatic rings. The molecule has 0 aromatic heterocycles. The van der Waals surface area contributed by atoms with Gasteiger partial charge in [0.05, 0.1) is 0 Å². The molecule has 0 bridgehead atoms. The van der Waals surface area contributed by atoms with Gasteiger partial charge in [-0.25, -0.2) is 0 Å². The lowest BCUT2D eigenvalue weighted by atomic mass is 10.2. The molecule has 3 N–H and O–H groups in total. The summed E-state index contributed by atoms with van der Waals surface area (Å²) in [5.74, 6) is 0.609. The molecular weight excluding hydrogens is 216 g/mol. The minimum atomic E-state index is -0.490. The molecule has 0 saturated heterocycles. The molecule has 0 heterocycles. The van der Waals surface area contributed by atoms with E-state index >= 15 is 0 Å². The number of nitrogens with one attached hydrogen (secondary N) is 1. The van der Waals surface area contributed by atoms with E-state index in [4.69, 9.17) is 10.5 Å². The van der Waals surface area contributed by atoms with Crippen molar-refractivity contribution in [3.8, 4) is 5.75 Å². The smallest absolute Gasteiger partial charge is 0.260 e. The van der Waals surface area contributed by atoms with Gasteiger partial charge in [-0.3, -0.25) is 4.79 Å². The first-order chi connectivity index (χ1) is 8.08. The molecule has 0 aliphatic heterocycles. The maximum atomic E-state index is 11.7. The van der Waals surface area contributed by atoms with Crippen molar-refractivity contribution in [1.82, 2.24) is 5.32 Å². The van der Waals surface area contributed by atoms with Crippen LogP contribution in [0.3, 0.4) is 0 Å². The van der Waals surface area contributed by atoms with Crippen molar-refractivity contribution in [3.05, 3.63) is 23.8 Å². The van der Waals surface area contributed by atoms with Gasteiger partial charge in [0.1, 0.15) is 5.75 Å². The van der Waals surface area contributed by atoms with Crippen LogP contribution in [0.5, 0.6) is 5.75 Å². The monoisotopic (exact) mass is 234 g/mol. The van der Waals surface area contributed by atoms with Crippen LogP contribution in [0.4, 0.5) is 5.69 Å². The SMILES string of the molecule is Cc1c(N)cccc1OC(C)C(=O)NC1CC1. The summed E-state index contributed by atoms with van der Waals surface area (Å²) in [4.78, 5) is 11.7. The Morgan fingerprint density at radius 2 is 2.24 bits per heavy atom. The lowest BCUT2D eigenvalue weighted by molar-refractivity contribution is -0.127. The van der Waals surface area contributed by atoms with Crippen LogP contribution in [0.15, 0.2) is 18.2 Å². The fraction of sp³-hybridized carbons (Fsp3) is 0.462. The van der Waals surface area contributed by atoms with E-state index in [0.29, 0.717) is 17.5 Å². The van der Waals surface area contributed by atoms with Gasteiger partial charge in [0.25, 0.3) is 5.91 Å². The van der Waals surface area contributed by atoms with E-state index in [9.17, 15) is 4.79 Å². The summed E-state index contributed by atoms with van der Waals surface area (Å²) in [6.45, 7) is 3.64. The van der Waals surface area contributed by atoms with Crippen molar-refractivity contribution in [2.24, 2.45) is 0 Å². The number of nitrogen functional groups attached to an aromatic ring is 1. The van der Waals surface area contributed by atoms with Crippen LogP contribution < -0.4 is 15.8 Å². The van der Waals surface area contributed by atoms with E-state index in [1.54, 1.807) is 6.92 Å². The number of benzene rings is 1. The molecule has 0 spiro atoms. The van der Waals surface area contributed by atoms with Gasteiger partial charge in [0, 0.05) is 17.3 Å². The second-order valence-corrected chi connectivity index (χ2v) is 4.51. The molecule has 2 rings (SSSR count). The third-order valence-electron chi connectivity index (χ3n) is 2.92. The number of nitrogens with two attached hydrogens (primary N) is 1. The molecule has 1 aliphatic carbocycles. The normalized spacial score (nSPS) is 16.4. The predicted octanol–water partition coefficient (Wildman–Crippen LogP) is 1.62. The van der Waals surface area contributed by atoms with E-state index in [-0.39, 0.29) is 5.91 Å². The number of rotatable bonds is 4. The lowest BCUT2D eigenvalue weighted by Crippen LogP contribution is -2.37. The number of hydrogen-bond donors (Lipinski definition) is 2. The Morgan fingerprint density at radius 3 is 2.88 bits per heavy atom. The zero-order valence-electron chi connectivity index (χ0n) is 10.2. The van der Waals surface area contributed by atoms with Crippen LogP contribution >= 0.6 is 0 Å². The van der Waals surface area contributed by atoms with Crippen LogP contribution in [0.25, 0.3) is 0 Å². The summed E-state index contributed by atoms with van der Waals surface area (Å²) in [5, 5.41) is 2.91. The summed E-state index contributed by atoms with van der Waals surface area (Å²) >= 11 is 0. The van der Waals surface area contributed by atoms with Crippen LogP contribution in [0.2, 0.25) is 0 Å². The lowest BCUT2D eigenvalue weighted by Gasteiger charge is -2.16. The third-order valence-corrected chi connectivity index (χ3v) is 2.92. The highest BCUT2D eigenvalue weighted by molar-refractivity contribution is 5.81. The molecule has 1 fully saturated rings. The zero-order valence-corrected chi connectivity index (χ0v) is 10.2. The number of carbonyl (C=O) groups is 1.